The van der Waals surface area contributed by atoms with Crippen molar-refractivity contribution in [3.8, 4) is 5.69 Å². The van der Waals surface area contributed by atoms with Crippen molar-refractivity contribution in [1.29, 1.82) is 0 Å². The van der Waals surface area contributed by atoms with Gasteiger partial charge in [-0.15, -0.1) is 0 Å². The molecule has 2 heterocycles. The Labute approximate surface area is 139 Å². The molecule has 0 amide bonds. The van der Waals surface area contributed by atoms with Gasteiger partial charge in [0.25, 0.3) is 5.56 Å². The molecule has 0 radical (unpaired) electrons. The van der Waals surface area contributed by atoms with Crippen molar-refractivity contribution in [2.75, 3.05) is 0 Å². The molecule has 0 aliphatic rings. The van der Waals surface area contributed by atoms with E-state index in [0.29, 0.717) is 28.6 Å². The van der Waals surface area contributed by atoms with Gasteiger partial charge in [-0.25, -0.2) is 4.79 Å². The van der Waals surface area contributed by atoms with Crippen LogP contribution < -0.4 is 5.56 Å². The molecule has 3 rings (SSSR count). The van der Waals surface area contributed by atoms with Gasteiger partial charge in [-0.1, -0.05) is 25.1 Å². The zero-order valence-corrected chi connectivity index (χ0v) is 13.9. The van der Waals surface area contributed by atoms with E-state index in [1.165, 1.54) is 4.68 Å². The van der Waals surface area contributed by atoms with Gasteiger partial charge in [-0.3, -0.25) is 4.79 Å². The Morgan fingerprint density at radius 3 is 2.46 bits per heavy atom. The summed E-state index contributed by atoms with van der Waals surface area (Å²) in [5, 5.41) is 15.0. The van der Waals surface area contributed by atoms with Crippen LogP contribution in [-0.4, -0.2) is 25.4 Å². The number of hydrogen-bond acceptors (Lipinski definition) is 3. The highest BCUT2D eigenvalue weighted by atomic mass is 16.4. The van der Waals surface area contributed by atoms with Gasteiger partial charge in [0.2, 0.25) is 0 Å². The summed E-state index contributed by atoms with van der Waals surface area (Å²) in [4.78, 5) is 24.5. The summed E-state index contributed by atoms with van der Waals surface area (Å²) in [5.41, 5.74) is 1.85. The van der Waals surface area contributed by atoms with Gasteiger partial charge in [0.15, 0.2) is 0 Å². The van der Waals surface area contributed by atoms with E-state index in [0.717, 1.165) is 5.69 Å². The molecule has 1 aromatic carbocycles. The SMILES string of the molecule is CC[C@@H](C(=O)O)n1c(C)c2cnn(-c3ccccc3)c(=O)c2c1C. The average molecular weight is 325 g/mol. The number of hydrogen-bond donors (Lipinski definition) is 1. The predicted molar refractivity (Wildman–Crippen MR) is 91.8 cm³/mol. The van der Waals surface area contributed by atoms with Crippen molar-refractivity contribution >= 4 is 16.7 Å². The normalized spacial score (nSPS) is 12.5. The molecule has 124 valence electrons. The molecule has 0 unspecified atom stereocenters. The molecule has 0 aliphatic heterocycles. The summed E-state index contributed by atoms with van der Waals surface area (Å²) < 4.78 is 3.08. The van der Waals surface area contributed by atoms with E-state index in [4.69, 9.17) is 0 Å². The van der Waals surface area contributed by atoms with Crippen molar-refractivity contribution < 1.29 is 9.90 Å². The molecule has 0 saturated heterocycles. The zero-order valence-electron chi connectivity index (χ0n) is 13.9. The fourth-order valence-electron chi connectivity index (χ4n) is 3.27. The lowest BCUT2D eigenvalue weighted by atomic mass is 10.2. The van der Waals surface area contributed by atoms with E-state index in [9.17, 15) is 14.7 Å². The molecule has 2 aromatic heterocycles. The van der Waals surface area contributed by atoms with E-state index in [1.807, 2.05) is 44.2 Å². The van der Waals surface area contributed by atoms with Crippen LogP contribution in [0.5, 0.6) is 0 Å². The number of carboxylic acids is 1. The highest BCUT2D eigenvalue weighted by molar-refractivity contribution is 5.88. The molecule has 3 aromatic rings. The maximum Gasteiger partial charge on any atom is 0.326 e. The zero-order chi connectivity index (χ0) is 17.4. The number of nitrogens with zero attached hydrogens (tertiary/aromatic N) is 3. The Balaban J connectivity index is 2.33. The second-order valence-electron chi connectivity index (χ2n) is 5.79. The van der Waals surface area contributed by atoms with Gasteiger partial charge in [0, 0.05) is 16.8 Å². The Morgan fingerprint density at radius 2 is 1.88 bits per heavy atom. The van der Waals surface area contributed by atoms with Crippen LogP contribution >= 0.6 is 0 Å². The number of aromatic nitrogens is 3. The first kappa shape index (κ1) is 16.0. The summed E-state index contributed by atoms with van der Waals surface area (Å²) in [6.07, 6.45) is 2.08. The minimum atomic E-state index is -0.902. The van der Waals surface area contributed by atoms with Gasteiger partial charge in [-0.05, 0) is 32.4 Å². The third-order valence-corrected chi connectivity index (χ3v) is 4.44. The largest absolute Gasteiger partial charge is 0.480 e. The first-order valence-electron chi connectivity index (χ1n) is 7.85. The molecular formula is C18H19N3O3. The summed E-state index contributed by atoms with van der Waals surface area (Å²) in [7, 11) is 0. The smallest absolute Gasteiger partial charge is 0.326 e. The van der Waals surface area contributed by atoms with Crippen molar-refractivity contribution in [3.63, 3.8) is 0 Å². The Hall–Kier alpha value is -2.89. The fraction of sp³-hybridized carbons (Fsp3) is 0.278. The number of benzene rings is 1. The van der Waals surface area contributed by atoms with Gasteiger partial charge in [-0.2, -0.15) is 9.78 Å². The Bertz CT molecular complexity index is 971. The number of rotatable bonds is 4. The van der Waals surface area contributed by atoms with Crippen LogP contribution in [0.4, 0.5) is 0 Å². The Kier molecular flexibility index (Phi) is 3.97. The molecule has 1 atom stereocenters. The number of aliphatic carboxylic acids is 1. The summed E-state index contributed by atoms with van der Waals surface area (Å²) in [6.45, 7) is 5.44. The molecule has 0 spiro atoms. The van der Waals surface area contributed by atoms with Crippen LogP contribution in [0, 0.1) is 13.8 Å². The van der Waals surface area contributed by atoms with Crippen molar-refractivity contribution in [3.05, 3.63) is 58.3 Å². The first-order chi connectivity index (χ1) is 11.5. The number of carbonyl (C=O) groups is 1. The van der Waals surface area contributed by atoms with Gasteiger partial charge in [0.1, 0.15) is 6.04 Å². The van der Waals surface area contributed by atoms with Crippen LogP contribution in [0.3, 0.4) is 0 Å². The average Bonchev–Trinajstić information content (AvgIpc) is 2.82. The summed E-state index contributed by atoms with van der Waals surface area (Å²) in [5.74, 6) is -0.902. The molecule has 6 heteroatoms. The summed E-state index contributed by atoms with van der Waals surface area (Å²) in [6, 6.07) is 8.49. The van der Waals surface area contributed by atoms with Crippen molar-refractivity contribution in [1.82, 2.24) is 14.3 Å². The number of para-hydroxylation sites is 1. The fourth-order valence-corrected chi connectivity index (χ4v) is 3.27. The molecule has 0 saturated carbocycles. The van der Waals surface area contributed by atoms with Crippen LogP contribution in [-0.2, 0) is 4.79 Å². The maximum absolute atomic E-state index is 12.9. The topological polar surface area (TPSA) is 77.1 Å². The van der Waals surface area contributed by atoms with Crippen LogP contribution in [0.1, 0.15) is 30.8 Å². The standard InChI is InChI=1S/C18H19N3O3/c1-4-15(18(23)24)20-11(2)14-10-19-21(13-8-6-5-7-9-13)17(22)16(14)12(20)3/h5-10,15H,4H2,1-3H3,(H,23,24)/t15-/m0/s1. The minimum Gasteiger partial charge on any atom is -0.480 e. The first-order valence-corrected chi connectivity index (χ1v) is 7.85. The predicted octanol–water partition coefficient (Wildman–Crippen LogP) is 2.84. The van der Waals surface area contributed by atoms with Crippen molar-refractivity contribution in [2.45, 2.75) is 33.2 Å². The number of aryl methyl sites for hydroxylation is 2. The van der Waals surface area contributed by atoms with E-state index in [-0.39, 0.29) is 5.56 Å². The van der Waals surface area contributed by atoms with Gasteiger partial charge >= 0.3 is 5.97 Å². The van der Waals surface area contributed by atoms with E-state index in [1.54, 1.807) is 17.7 Å². The Morgan fingerprint density at radius 1 is 1.21 bits per heavy atom. The molecule has 6 nitrogen and oxygen atoms in total. The minimum absolute atomic E-state index is 0.238. The third kappa shape index (κ3) is 2.31. The highest BCUT2D eigenvalue weighted by Gasteiger charge is 2.25. The lowest BCUT2D eigenvalue weighted by Crippen LogP contribution is -2.22. The van der Waals surface area contributed by atoms with Crippen LogP contribution in [0.15, 0.2) is 41.3 Å². The lowest BCUT2D eigenvalue weighted by molar-refractivity contribution is -0.141. The molecule has 0 bridgehead atoms. The third-order valence-electron chi connectivity index (χ3n) is 4.44. The van der Waals surface area contributed by atoms with E-state index >= 15 is 0 Å². The van der Waals surface area contributed by atoms with Crippen molar-refractivity contribution in [2.24, 2.45) is 0 Å². The second kappa shape index (κ2) is 5.96. The highest BCUT2D eigenvalue weighted by Crippen LogP contribution is 2.27. The maximum atomic E-state index is 12.9. The number of fused-ring (bicyclic) bond motifs is 1. The molecule has 0 fully saturated rings. The molecule has 0 aliphatic carbocycles. The molecular weight excluding hydrogens is 306 g/mol. The van der Waals surface area contributed by atoms with Gasteiger partial charge in [0.05, 0.1) is 17.3 Å². The second-order valence-corrected chi connectivity index (χ2v) is 5.79. The summed E-state index contributed by atoms with van der Waals surface area (Å²) >= 11 is 0. The van der Waals surface area contributed by atoms with Crippen LogP contribution in [0.25, 0.3) is 16.5 Å². The molecule has 1 N–H and O–H groups in total. The molecule has 24 heavy (non-hydrogen) atoms. The monoisotopic (exact) mass is 325 g/mol. The lowest BCUT2D eigenvalue weighted by Gasteiger charge is -2.16. The number of carboxylic acid groups (broad SMARTS) is 1. The van der Waals surface area contributed by atoms with E-state index < -0.39 is 12.0 Å². The van der Waals surface area contributed by atoms with Gasteiger partial charge < -0.3 is 9.67 Å². The quantitative estimate of drug-likeness (QED) is 0.800. The van der Waals surface area contributed by atoms with Crippen LogP contribution in [0.2, 0.25) is 0 Å². The van der Waals surface area contributed by atoms with E-state index in [2.05, 4.69) is 5.10 Å².